The molecule has 3 heterocycles. The average molecular weight is 487 g/mol. The first-order valence-corrected chi connectivity index (χ1v) is 13.0. The second-order valence-electron chi connectivity index (χ2n) is 9.73. The number of benzene rings is 2. The number of carbonyl (C=O) groups excluding carboxylic acids is 2. The van der Waals surface area contributed by atoms with Crippen LogP contribution in [0.5, 0.6) is 0 Å². The fourth-order valence-corrected chi connectivity index (χ4v) is 5.30. The van der Waals surface area contributed by atoms with Crippen molar-refractivity contribution in [2.45, 2.75) is 45.3 Å². The summed E-state index contributed by atoms with van der Waals surface area (Å²) in [7, 11) is 0. The third-order valence-electron chi connectivity index (χ3n) is 7.31. The summed E-state index contributed by atoms with van der Waals surface area (Å²) >= 11 is 0. The third kappa shape index (κ3) is 5.58. The summed E-state index contributed by atoms with van der Waals surface area (Å²) in [6.45, 7) is 7.15. The number of hydrogen-bond donors (Lipinski definition) is 1. The number of hydrogen-bond acceptors (Lipinski definition) is 6. The minimum Gasteiger partial charge on any atom is -0.452 e. The number of fused-ring (bicyclic) bond motifs is 2. The monoisotopic (exact) mass is 486 g/mol. The highest BCUT2D eigenvalue weighted by Gasteiger charge is 2.27. The number of ether oxygens (including phenoxy) is 1. The molecule has 1 saturated heterocycles. The molecule has 7 nitrogen and oxygen atoms in total. The molecule has 0 spiro atoms. The highest BCUT2D eigenvalue weighted by molar-refractivity contribution is 6.05. The smallest absolute Gasteiger partial charge is 0.339 e. The Labute approximate surface area is 212 Å². The molecular formula is C29H34N4O3. The maximum Gasteiger partial charge on any atom is 0.339 e. The van der Waals surface area contributed by atoms with Crippen molar-refractivity contribution in [3.8, 4) is 0 Å². The van der Waals surface area contributed by atoms with Crippen molar-refractivity contribution in [2.24, 2.45) is 0 Å². The van der Waals surface area contributed by atoms with Crippen molar-refractivity contribution in [1.29, 1.82) is 0 Å². The maximum atomic E-state index is 13.3. The number of rotatable bonds is 7. The van der Waals surface area contributed by atoms with Crippen LogP contribution in [0, 0.1) is 0 Å². The lowest BCUT2D eigenvalue weighted by molar-refractivity contribution is -0.125. The first-order valence-electron chi connectivity index (χ1n) is 13.0. The quantitative estimate of drug-likeness (QED) is 0.515. The van der Waals surface area contributed by atoms with Gasteiger partial charge in [0.05, 0.1) is 11.1 Å². The highest BCUT2D eigenvalue weighted by Crippen LogP contribution is 2.28. The Hall–Kier alpha value is -3.29. The lowest BCUT2D eigenvalue weighted by Gasteiger charge is -2.32. The molecule has 0 aliphatic carbocycles. The van der Waals surface area contributed by atoms with E-state index in [2.05, 4.69) is 46.3 Å². The zero-order valence-electron chi connectivity index (χ0n) is 20.9. The molecule has 1 fully saturated rings. The van der Waals surface area contributed by atoms with Crippen LogP contribution in [0.15, 0.2) is 54.6 Å². The van der Waals surface area contributed by atoms with Gasteiger partial charge in [0, 0.05) is 61.8 Å². The van der Waals surface area contributed by atoms with Gasteiger partial charge in [0.15, 0.2) is 6.61 Å². The number of nitrogens with one attached hydrogen (secondary N) is 1. The molecule has 2 aliphatic heterocycles. The molecule has 5 rings (SSSR count). The summed E-state index contributed by atoms with van der Waals surface area (Å²) in [5.41, 5.74) is 4.53. The topological polar surface area (TPSA) is 74.8 Å². The van der Waals surface area contributed by atoms with E-state index in [1.165, 1.54) is 5.56 Å². The standard InChI is InChI=1S/C29H34N4O3/c1-2-32-17-14-26-24(19-32)28(23-10-6-7-11-25(23)31-26)29(35)36-20-27(34)30-22-12-15-33(16-13-22)18-21-8-4-3-5-9-21/h3-11,22H,2,12-20H2,1H3,(H,30,34). The fourth-order valence-electron chi connectivity index (χ4n) is 5.30. The molecule has 3 aromatic rings. The van der Waals surface area contributed by atoms with E-state index in [1.54, 1.807) is 0 Å². The van der Waals surface area contributed by atoms with Gasteiger partial charge in [0.25, 0.3) is 5.91 Å². The van der Waals surface area contributed by atoms with E-state index < -0.39 is 5.97 Å². The summed E-state index contributed by atoms with van der Waals surface area (Å²) in [6.07, 6.45) is 2.58. The molecule has 0 atom stereocenters. The molecule has 36 heavy (non-hydrogen) atoms. The lowest BCUT2D eigenvalue weighted by Crippen LogP contribution is -2.45. The molecule has 188 valence electrons. The molecule has 0 saturated carbocycles. The summed E-state index contributed by atoms with van der Waals surface area (Å²) in [5, 5.41) is 3.85. The largest absolute Gasteiger partial charge is 0.452 e. The van der Waals surface area contributed by atoms with Gasteiger partial charge in [0.1, 0.15) is 0 Å². The number of piperidine rings is 1. The lowest BCUT2D eigenvalue weighted by atomic mass is 9.96. The number of esters is 1. The van der Waals surface area contributed by atoms with Crippen LogP contribution in [-0.2, 0) is 29.0 Å². The Kier molecular flexibility index (Phi) is 7.58. The van der Waals surface area contributed by atoms with Gasteiger partial charge < -0.3 is 10.1 Å². The molecule has 2 aromatic carbocycles. The Morgan fingerprint density at radius 2 is 1.75 bits per heavy atom. The Balaban J connectivity index is 1.18. The van der Waals surface area contributed by atoms with E-state index in [0.29, 0.717) is 12.1 Å². The number of carbonyl (C=O) groups is 2. The number of aromatic nitrogens is 1. The minimum absolute atomic E-state index is 0.107. The van der Waals surface area contributed by atoms with E-state index >= 15 is 0 Å². The molecule has 1 aromatic heterocycles. The van der Waals surface area contributed by atoms with Crippen LogP contribution in [-0.4, -0.2) is 65.5 Å². The predicted molar refractivity (Wildman–Crippen MR) is 140 cm³/mol. The number of pyridine rings is 1. The number of nitrogens with zero attached hydrogens (tertiary/aromatic N) is 3. The summed E-state index contributed by atoms with van der Waals surface area (Å²) in [5.74, 6) is -0.692. The van der Waals surface area contributed by atoms with Gasteiger partial charge in [-0.15, -0.1) is 0 Å². The molecule has 1 amide bonds. The average Bonchev–Trinajstić information content (AvgIpc) is 2.91. The van der Waals surface area contributed by atoms with Crippen LogP contribution in [0.2, 0.25) is 0 Å². The first kappa shape index (κ1) is 24.4. The number of amides is 1. The van der Waals surface area contributed by atoms with Crippen LogP contribution in [0.4, 0.5) is 0 Å². The van der Waals surface area contributed by atoms with Gasteiger partial charge in [-0.1, -0.05) is 55.5 Å². The van der Waals surface area contributed by atoms with E-state index in [0.717, 1.165) is 74.1 Å². The fraction of sp³-hybridized carbons (Fsp3) is 0.414. The van der Waals surface area contributed by atoms with Gasteiger partial charge in [-0.25, -0.2) is 4.79 Å². The van der Waals surface area contributed by atoms with E-state index in [1.807, 2.05) is 30.3 Å². The van der Waals surface area contributed by atoms with E-state index in [-0.39, 0.29) is 18.6 Å². The summed E-state index contributed by atoms with van der Waals surface area (Å²) in [4.78, 5) is 35.5. The van der Waals surface area contributed by atoms with Crippen molar-refractivity contribution >= 4 is 22.8 Å². The second kappa shape index (κ2) is 11.2. The minimum atomic E-state index is -0.448. The maximum absolute atomic E-state index is 13.3. The van der Waals surface area contributed by atoms with Gasteiger partial charge in [0.2, 0.25) is 0 Å². The van der Waals surface area contributed by atoms with Crippen molar-refractivity contribution in [2.75, 3.05) is 32.8 Å². The van der Waals surface area contributed by atoms with Gasteiger partial charge in [-0.2, -0.15) is 0 Å². The van der Waals surface area contributed by atoms with Crippen molar-refractivity contribution in [3.05, 3.63) is 77.0 Å². The number of likely N-dealkylation sites (tertiary alicyclic amines) is 1. The van der Waals surface area contributed by atoms with Gasteiger partial charge in [-0.05, 0) is 31.0 Å². The normalized spacial score (nSPS) is 17.0. The van der Waals surface area contributed by atoms with Crippen molar-refractivity contribution in [3.63, 3.8) is 0 Å². The third-order valence-corrected chi connectivity index (χ3v) is 7.31. The first-order chi connectivity index (χ1) is 17.6. The Morgan fingerprint density at radius 1 is 1.00 bits per heavy atom. The van der Waals surface area contributed by atoms with Crippen LogP contribution >= 0.6 is 0 Å². The van der Waals surface area contributed by atoms with Crippen molar-refractivity contribution < 1.29 is 14.3 Å². The summed E-state index contributed by atoms with van der Waals surface area (Å²) < 4.78 is 5.57. The van der Waals surface area contributed by atoms with Crippen LogP contribution < -0.4 is 5.32 Å². The number of likely N-dealkylation sites (N-methyl/N-ethyl adjacent to an activating group) is 1. The summed E-state index contributed by atoms with van der Waals surface area (Å²) in [6, 6.07) is 18.2. The molecule has 0 unspecified atom stereocenters. The van der Waals surface area contributed by atoms with Crippen LogP contribution in [0.25, 0.3) is 10.9 Å². The molecule has 0 radical (unpaired) electrons. The van der Waals surface area contributed by atoms with Crippen LogP contribution in [0.1, 0.15) is 46.9 Å². The van der Waals surface area contributed by atoms with Crippen molar-refractivity contribution in [1.82, 2.24) is 20.1 Å². The zero-order chi connectivity index (χ0) is 24.9. The molecule has 2 aliphatic rings. The molecule has 7 heteroatoms. The number of para-hydroxylation sites is 1. The zero-order valence-corrected chi connectivity index (χ0v) is 20.9. The Bertz CT molecular complexity index is 1220. The van der Waals surface area contributed by atoms with Gasteiger partial charge in [-0.3, -0.25) is 19.6 Å². The molecule has 0 bridgehead atoms. The van der Waals surface area contributed by atoms with Crippen LogP contribution in [0.3, 0.4) is 0 Å². The second-order valence-corrected chi connectivity index (χ2v) is 9.73. The molecule has 1 N–H and O–H groups in total. The van der Waals surface area contributed by atoms with E-state index in [4.69, 9.17) is 9.72 Å². The predicted octanol–water partition coefficient (Wildman–Crippen LogP) is 3.55. The highest BCUT2D eigenvalue weighted by atomic mass is 16.5. The van der Waals surface area contributed by atoms with E-state index in [9.17, 15) is 9.59 Å². The molecular weight excluding hydrogens is 452 g/mol. The SMILES string of the molecule is CCN1CCc2nc3ccccc3c(C(=O)OCC(=O)NC3CCN(Cc4ccccc4)CC3)c2C1. The van der Waals surface area contributed by atoms with Gasteiger partial charge >= 0.3 is 5.97 Å². The Morgan fingerprint density at radius 3 is 2.53 bits per heavy atom.